The minimum absolute atomic E-state index is 0.00747. The summed E-state index contributed by atoms with van der Waals surface area (Å²) in [5, 5.41) is 2.85. The van der Waals surface area contributed by atoms with Crippen molar-refractivity contribution in [3.63, 3.8) is 0 Å². The summed E-state index contributed by atoms with van der Waals surface area (Å²) in [4.78, 5) is 74.1. The van der Waals surface area contributed by atoms with Gasteiger partial charge in [0.05, 0.1) is 12.7 Å². The maximum atomic E-state index is 14.2. The third-order valence-corrected chi connectivity index (χ3v) is 14.8. The first kappa shape index (κ1) is 47.0. The van der Waals surface area contributed by atoms with Gasteiger partial charge in [-0.25, -0.2) is 19.4 Å². The number of aliphatic imine (C=N–C) groups is 1. The van der Waals surface area contributed by atoms with E-state index in [2.05, 4.69) is 55.7 Å². The largest absolute Gasteiger partial charge is 0.511 e. The van der Waals surface area contributed by atoms with Crippen molar-refractivity contribution >= 4 is 50.1 Å². The van der Waals surface area contributed by atoms with Gasteiger partial charge in [-0.3, -0.25) is 9.59 Å². The molecule has 1 saturated carbocycles. The molecule has 0 bridgehead atoms. The maximum absolute atomic E-state index is 14.2. The standard InChI is InChI=1S/C45H58N4O10Si/c1-12-32-23-36(38(50)22-30-15-17-33(18-16-30)40(46)49-43(53)57-28(5)25-55-60(10,11)45(7,8)9)35(21-27(32)4)34-19-20-37(41(51)47-24-31-13-14-31)48-39(34)42(52)58-29(6)59-44(54)56-26(2)3/h12,15-21,23,26,28-29,31H,1,13-14,22,24-25H2,2-11H3,(H,47,51)(H2,46,49,53). The number of ether oxygens (including phenoxy) is 4. The van der Waals surface area contributed by atoms with Crippen LogP contribution in [-0.4, -0.2) is 80.7 Å². The van der Waals surface area contributed by atoms with Crippen molar-refractivity contribution in [2.45, 2.75) is 111 Å². The molecule has 3 N–H and O–H groups in total. The zero-order valence-electron chi connectivity index (χ0n) is 36.3. The number of aromatic nitrogens is 1. The lowest BCUT2D eigenvalue weighted by Crippen LogP contribution is -2.42. The van der Waals surface area contributed by atoms with Crippen molar-refractivity contribution in [2.24, 2.45) is 16.6 Å². The number of rotatable bonds is 17. The average molecular weight is 843 g/mol. The lowest BCUT2D eigenvalue weighted by Gasteiger charge is -2.36. The Kier molecular flexibility index (Phi) is 15.7. The Balaban J connectivity index is 1.59. The third-order valence-electron chi connectivity index (χ3n) is 10.3. The van der Waals surface area contributed by atoms with E-state index in [-0.39, 0.29) is 52.2 Å². The monoisotopic (exact) mass is 842 g/mol. The van der Waals surface area contributed by atoms with Crippen molar-refractivity contribution in [2.75, 3.05) is 13.2 Å². The van der Waals surface area contributed by atoms with E-state index in [1.807, 2.05) is 6.92 Å². The van der Waals surface area contributed by atoms with Crippen molar-refractivity contribution in [1.82, 2.24) is 10.3 Å². The lowest BCUT2D eigenvalue weighted by atomic mass is 9.89. The Labute approximate surface area is 353 Å². The number of amides is 2. The number of nitrogens with two attached hydrogens (primary N) is 1. The Bertz CT molecular complexity index is 2120. The number of esters is 1. The summed E-state index contributed by atoms with van der Waals surface area (Å²) in [5.41, 5.74) is 9.21. The predicted molar refractivity (Wildman–Crippen MR) is 231 cm³/mol. The van der Waals surface area contributed by atoms with Crippen molar-refractivity contribution in [3.8, 4) is 11.1 Å². The number of Topliss-reactive ketones (excluding diaryl/α,β-unsaturated/α-hetero) is 1. The van der Waals surface area contributed by atoms with Crippen LogP contribution in [0.25, 0.3) is 17.2 Å². The van der Waals surface area contributed by atoms with Gasteiger partial charge in [-0.15, -0.1) is 0 Å². The minimum atomic E-state index is -2.03. The van der Waals surface area contributed by atoms with Gasteiger partial charge in [-0.1, -0.05) is 63.8 Å². The highest BCUT2D eigenvalue weighted by atomic mass is 28.4. The summed E-state index contributed by atoms with van der Waals surface area (Å²) < 4.78 is 27.1. The van der Waals surface area contributed by atoms with Crippen LogP contribution >= 0.6 is 0 Å². The molecule has 1 heterocycles. The van der Waals surface area contributed by atoms with Crippen LogP contribution in [0.2, 0.25) is 18.1 Å². The average Bonchev–Trinajstić information content (AvgIpc) is 4.00. The van der Waals surface area contributed by atoms with Crippen molar-refractivity contribution in [3.05, 3.63) is 94.3 Å². The van der Waals surface area contributed by atoms with E-state index in [9.17, 15) is 24.0 Å². The molecule has 1 aliphatic rings. The smallest absolute Gasteiger partial charge is 0.442 e. The summed E-state index contributed by atoms with van der Waals surface area (Å²) in [6.07, 6.45) is -0.646. The van der Waals surface area contributed by atoms with E-state index in [1.165, 1.54) is 19.1 Å². The van der Waals surface area contributed by atoms with Gasteiger partial charge in [0.1, 0.15) is 17.6 Å². The number of hydrogen-bond acceptors (Lipinski definition) is 11. The van der Waals surface area contributed by atoms with Gasteiger partial charge >= 0.3 is 18.2 Å². The summed E-state index contributed by atoms with van der Waals surface area (Å²) in [6, 6.07) is 13.1. The summed E-state index contributed by atoms with van der Waals surface area (Å²) in [6.45, 7) is 23.4. The molecule has 1 fully saturated rings. The number of hydrogen-bond donors (Lipinski definition) is 2. The highest BCUT2D eigenvalue weighted by Gasteiger charge is 2.37. The van der Waals surface area contributed by atoms with Crippen LogP contribution in [0.3, 0.4) is 0 Å². The summed E-state index contributed by atoms with van der Waals surface area (Å²) in [7, 11) is -2.03. The molecule has 0 radical (unpaired) electrons. The van der Waals surface area contributed by atoms with E-state index in [4.69, 9.17) is 29.1 Å². The van der Waals surface area contributed by atoms with Crippen LogP contribution in [0, 0.1) is 12.8 Å². The van der Waals surface area contributed by atoms with Gasteiger partial charge < -0.3 is 34.4 Å². The third kappa shape index (κ3) is 13.2. The van der Waals surface area contributed by atoms with E-state index in [0.717, 1.165) is 18.4 Å². The Morgan fingerprint density at radius 2 is 1.62 bits per heavy atom. The number of benzene rings is 2. The molecule has 2 aromatic carbocycles. The fraction of sp³-hybridized carbons (Fsp3) is 0.444. The number of pyridine rings is 1. The number of amidine groups is 1. The fourth-order valence-electron chi connectivity index (χ4n) is 5.60. The van der Waals surface area contributed by atoms with Gasteiger partial charge in [-0.05, 0) is 105 Å². The maximum Gasteiger partial charge on any atom is 0.511 e. The Morgan fingerprint density at radius 1 is 0.950 bits per heavy atom. The van der Waals surface area contributed by atoms with E-state index < -0.39 is 50.9 Å². The van der Waals surface area contributed by atoms with Gasteiger partial charge in [0.15, 0.2) is 19.8 Å². The molecule has 3 aromatic rings. The zero-order valence-corrected chi connectivity index (χ0v) is 37.3. The van der Waals surface area contributed by atoms with Crippen LogP contribution in [0.15, 0.2) is 60.1 Å². The zero-order chi connectivity index (χ0) is 44.5. The van der Waals surface area contributed by atoms with Gasteiger partial charge in [0, 0.05) is 36.6 Å². The molecule has 1 aromatic heterocycles. The SMILES string of the molecule is C=Cc1cc(C(=O)Cc2ccc(C(N)=NC(=O)OC(C)CO[Si](C)(C)C(C)(C)C)cc2)c(-c2ccc(C(=O)NCC3CC3)nc2C(=O)OC(C)OC(=O)OC(C)C)cc1C. The molecule has 15 heteroatoms. The quantitative estimate of drug-likeness (QED) is 0.0250. The van der Waals surface area contributed by atoms with Gasteiger partial charge in [0.25, 0.3) is 5.91 Å². The molecule has 14 nitrogen and oxygen atoms in total. The van der Waals surface area contributed by atoms with E-state index in [0.29, 0.717) is 34.7 Å². The Hall–Kier alpha value is -5.67. The second-order valence-electron chi connectivity index (χ2n) is 16.8. The Morgan fingerprint density at radius 3 is 2.22 bits per heavy atom. The second kappa shape index (κ2) is 20.1. The van der Waals surface area contributed by atoms with Gasteiger partial charge in [0.2, 0.25) is 6.29 Å². The molecule has 0 spiro atoms. The van der Waals surface area contributed by atoms with Crippen LogP contribution in [-0.2, 0) is 29.8 Å². The molecular formula is C45H58N4O10Si. The van der Waals surface area contributed by atoms with Crippen LogP contribution in [0.4, 0.5) is 9.59 Å². The molecule has 322 valence electrons. The first-order valence-corrected chi connectivity index (χ1v) is 23.0. The number of aryl methyl sites for hydroxylation is 1. The van der Waals surface area contributed by atoms with E-state index >= 15 is 0 Å². The number of ketones is 1. The molecule has 2 unspecified atom stereocenters. The summed E-state index contributed by atoms with van der Waals surface area (Å²) in [5.74, 6) is -1.44. The minimum Gasteiger partial charge on any atom is -0.442 e. The summed E-state index contributed by atoms with van der Waals surface area (Å²) >= 11 is 0. The number of nitrogens with zero attached hydrogens (tertiary/aromatic N) is 2. The normalized spacial score (nSPS) is 14.2. The second-order valence-corrected chi connectivity index (χ2v) is 21.6. The predicted octanol–water partition coefficient (Wildman–Crippen LogP) is 8.58. The lowest BCUT2D eigenvalue weighted by molar-refractivity contribution is -0.0868. The molecular weight excluding hydrogens is 785 g/mol. The fourth-order valence-corrected chi connectivity index (χ4v) is 6.69. The first-order valence-electron chi connectivity index (χ1n) is 20.0. The first-order chi connectivity index (χ1) is 28.1. The number of carbonyl (C=O) groups is 5. The molecule has 0 saturated heterocycles. The highest BCUT2D eigenvalue weighted by Crippen LogP contribution is 2.37. The molecule has 0 aliphatic heterocycles. The van der Waals surface area contributed by atoms with Crippen LogP contribution < -0.4 is 11.1 Å². The molecule has 60 heavy (non-hydrogen) atoms. The van der Waals surface area contributed by atoms with Crippen molar-refractivity contribution in [1.29, 1.82) is 0 Å². The van der Waals surface area contributed by atoms with Gasteiger partial charge in [-0.2, -0.15) is 4.99 Å². The highest BCUT2D eigenvalue weighted by molar-refractivity contribution is 6.74. The topological polar surface area (TPSA) is 195 Å². The molecule has 2 amide bonds. The van der Waals surface area contributed by atoms with Crippen molar-refractivity contribution < 1.29 is 47.3 Å². The number of carbonyl (C=O) groups excluding carboxylic acids is 5. The van der Waals surface area contributed by atoms with Crippen LogP contribution in [0.1, 0.15) is 115 Å². The molecule has 4 rings (SSSR count). The molecule has 2 atom stereocenters. The van der Waals surface area contributed by atoms with E-state index in [1.54, 1.807) is 63.2 Å². The molecule has 1 aliphatic carbocycles. The number of nitrogens with one attached hydrogen (secondary N) is 1. The van der Waals surface area contributed by atoms with Crippen LogP contribution in [0.5, 0.6) is 0 Å².